The van der Waals surface area contributed by atoms with E-state index in [1.807, 2.05) is 6.20 Å². The number of rotatable bonds is 7. The average molecular weight is 290 g/mol. The lowest BCUT2D eigenvalue weighted by atomic mass is 10.1. The third-order valence-electron chi connectivity index (χ3n) is 4.34. The molecule has 0 aromatic carbocycles. The molecule has 4 nitrogen and oxygen atoms in total. The Balaban J connectivity index is 1.83. The van der Waals surface area contributed by atoms with Gasteiger partial charge in [-0.15, -0.1) is 0 Å². The van der Waals surface area contributed by atoms with Crippen LogP contribution in [0.15, 0.2) is 18.3 Å². The summed E-state index contributed by atoms with van der Waals surface area (Å²) in [6, 6.07) is 5.05. The van der Waals surface area contributed by atoms with Crippen LogP contribution < -0.4 is 5.32 Å². The van der Waals surface area contributed by atoms with Gasteiger partial charge in [-0.05, 0) is 44.6 Å². The quantitative estimate of drug-likeness (QED) is 0.778. The Morgan fingerprint density at radius 2 is 2.14 bits per heavy atom. The van der Waals surface area contributed by atoms with Crippen LogP contribution in [-0.4, -0.2) is 54.6 Å². The summed E-state index contributed by atoms with van der Waals surface area (Å²) in [7, 11) is 4.36. The summed E-state index contributed by atoms with van der Waals surface area (Å²) in [6.07, 6.45) is 3.19. The van der Waals surface area contributed by atoms with Gasteiger partial charge in [-0.2, -0.15) is 0 Å². The molecule has 2 unspecified atom stereocenters. The predicted molar refractivity (Wildman–Crippen MR) is 88.2 cm³/mol. The highest BCUT2D eigenvalue weighted by Gasteiger charge is 2.30. The van der Waals surface area contributed by atoms with E-state index in [2.05, 4.69) is 60.2 Å². The summed E-state index contributed by atoms with van der Waals surface area (Å²) < 4.78 is 0. The zero-order valence-electron chi connectivity index (χ0n) is 14.0. The Morgan fingerprint density at radius 1 is 1.33 bits per heavy atom. The number of aromatic nitrogens is 1. The lowest BCUT2D eigenvalue weighted by Crippen LogP contribution is -2.34. The van der Waals surface area contributed by atoms with Crippen LogP contribution in [0.25, 0.3) is 0 Å². The summed E-state index contributed by atoms with van der Waals surface area (Å²) in [5.41, 5.74) is 2.45. The molecule has 2 atom stereocenters. The van der Waals surface area contributed by atoms with Crippen molar-refractivity contribution in [3.63, 3.8) is 0 Å². The Morgan fingerprint density at radius 3 is 2.71 bits per heavy atom. The van der Waals surface area contributed by atoms with Crippen LogP contribution in [0.2, 0.25) is 0 Å². The summed E-state index contributed by atoms with van der Waals surface area (Å²) in [5.74, 6) is 0.734. The van der Waals surface area contributed by atoms with Crippen LogP contribution in [0.4, 0.5) is 0 Å². The fraction of sp³-hybridized carbons (Fsp3) is 0.706. The molecule has 0 aliphatic carbocycles. The van der Waals surface area contributed by atoms with Crippen molar-refractivity contribution < 1.29 is 0 Å². The molecule has 2 rings (SSSR count). The molecule has 21 heavy (non-hydrogen) atoms. The van der Waals surface area contributed by atoms with Crippen LogP contribution in [0, 0.1) is 5.92 Å². The van der Waals surface area contributed by atoms with E-state index >= 15 is 0 Å². The largest absolute Gasteiger partial charge is 0.313 e. The third-order valence-corrected chi connectivity index (χ3v) is 4.34. The lowest BCUT2D eigenvalue weighted by Gasteiger charge is -2.22. The molecule has 1 N–H and O–H groups in total. The Hall–Kier alpha value is -0.970. The summed E-state index contributed by atoms with van der Waals surface area (Å²) >= 11 is 0. The first-order valence-corrected chi connectivity index (χ1v) is 8.13. The zero-order chi connectivity index (χ0) is 15.2. The average Bonchev–Trinajstić information content (AvgIpc) is 2.82. The van der Waals surface area contributed by atoms with E-state index in [-0.39, 0.29) is 0 Å². The smallest absolute Gasteiger partial charge is 0.0544 e. The number of nitrogens with one attached hydrogen (secondary N) is 1. The topological polar surface area (TPSA) is 31.4 Å². The van der Waals surface area contributed by atoms with E-state index in [0.29, 0.717) is 6.04 Å². The van der Waals surface area contributed by atoms with Crippen LogP contribution >= 0.6 is 0 Å². The Kier molecular flexibility index (Phi) is 6.15. The number of nitrogens with zero attached hydrogens (tertiary/aromatic N) is 3. The molecule has 0 bridgehead atoms. The first kappa shape index (κ1) is 16.4. The van der Waals surface area contributed by atoms with Gasteiger partial charge in [0.1, 0.15) is 0 Å². The van der Waals surface area contributed by atoms with Gasteiger partial charge >= 0.3 is 0 Å². The van der Waals surface area contributed by atoms with E-state index < -0.39 is 0 Å². The van der Waals surface area contributed by atoms with E-state index in [4.69, 9.17) is 0 Å². The molecule has 0 radical (unpaired) electrons. The maximum atomic E-state index is 4.62. The fourth-order valence-electron chi connectivity index (χ4n) is 3.14. The summed E-state index contributed by atoms with van der Waals surface area (Å²) in [4.78, 5) is 9.49. The lowest BCUT2D eigenvalue weighted by molar-refractivity contribution is 0.249. The second-order valence-electron chi connectivity index (χ2n) is 6.54. The van der Waals surface area contributed by atoms with E-state index in [1.54, 1.807) is 0 Å². The van der Waals surface area contributed by atoms with Gasteiger partial charge in [0.25, 0.3) is 0 Å². The molecule has 2 heterocycles. The molecule has 1 aliphatic heterocycles. The van der Waals surface area contributed by atoms with Crippen molar-refractivity contribution in [1.29, 1.82) is 0 Å². The molecule has 0 spiro atoms. The minimum absolute atomic E-state index is 0.669. The van der Waals surface area contributed by atoms with E-state index in [0.717, 1.165) is 32.1 Å². The van der Waals surface area contributed by atoms with Gasteiger partial charge in [0.15, 0.2) is 0 Å². The van der Waals surface area contributed by atoms with E-state index in [1.165, 1.54) is 24.2 Å². The van der Waals surface area contributed by atoms with Crippen LogP contribution in [-0.2, 0) is 13.1 Å². The molecule has 0 amide bonds. The maximum Gasteiger partial charge on any atom is 0.0544 e. The standard InChI is InChI=1S/C17H30N4/c1-5-8-18-9-15-6-7-16(19-10-15)12-21-11-14(2)17(13-21)20(3)4/h6-7,10,14,17-18H,5,8-9,11-13H2,1-4H3. The highest BCUT2D eigenvalue weighted by molar-refractivity contribution is 5.14. The van der Waals surface area contributed by atoms with Gasteiger partial charge in [-0.1, -0.05) is 19.9 Å². The predicted octanol–water partition coefficient (Wildman–Crippen LogP) is 1.96. The van der Waals surface area contributed by atoms with Gasteiger partial charge in [-0.3, -0.25) is 9.88 Å². The number of hydrogen-bond acceptors (Lipinski definition) is 4. The number of likely N-dealkylation sites (tertiary alicyclic amines) is 1. The molecule has 1 aromatic heterocycles. The first-order valence-electron chi connectivity index (χ1n) is 8.13. The summed E-state index contributed by atoms with van der Waals surface area (Å²) in [6.45, 7) is 9.81. The third kappa shape index (κ3) is 4.77. The van der Waals surface area contributed by atoms with Crippen LogP contribution in [0.5, 0.6) is 0 Å². The molecule has 0 saturated carbocycles. The van der Waals surface area contributed by atoms with Crippen molar-refractivity contribution in [2.75, 3.05) is 33.7 Å². The Bertz CT molecular complexity index is 415. The maximum absolute atomic E-state index is 4.62. The number of likely N-dealkylation sites (N-methyl/N-ethyl adjacent to an activating group) is 1. The second kappa shape index (κ2) is 7.87. The highest BCUT2D eigenvalue weighted by Crippen LogP contribution is 2.21. The van der Waals surface area contributed by atoms with Crippen molar-refractivity contribution in [1.82, 2.24) is 20.1 Å². The SMILES string of the molecule is CCCNCc1ccc(CN2CC(C)C(N(C)C)C2)nc1. The van der Waals surface area contributed by atoms with Gasteiger partial charge in [0, 0.05) is 38.4 Å². The van der Waals surface area contributed by atoms with Crippen molar-refractivity contribution >= 4 is 0 Å². The van der Waals surface area contributed by atoms with Gasteiger partial charge in [-0.25, -0.2) is 0 Å². The monoisotopic (exact) mass is 290 g/mol. The number of pyridine rings is 1. The molecule has 118 valence electrons. The van der Waals surface area contributed by atoms with E-state index in [9.17, 15) is 0 Å². The van der Waals surface area contributed by atoms with Crippen molar-refractivity contribution in [2.45, 2.75) is 39.4 Å². The van der Waals surface area contributed by atoms with Crippen LogP contribution in [0.1, 0.15) is 31.5 Å². The fourth-order valence-corrected chi connectivity index (χ4v) is 3.14. The molecule has 1 aliphatic rings. The zero-order valence-corrected chi connectivity index (χ0v) is 14.0. The molecular formula is C17H30N4. The minimum Gasteiger partial charge on any atom is -0.313 e. The van der Waals surface area contributed by atoms with Gasteiger partial charge in [0.2, 0.25) is 0 Å². The van der Waals surface area contributed by atoms with Gasteiger partial charge in [0.05, 0.1) is 5.69 Å². The van der Waals surface area contributed by atoms with Crippen molar-refractivity contribution in [3.05, 3.63) is 29.6 Å². The van der Waals surface area contributed by atoms with Crippen molar-refractivity contribution in [3.8, 4) is 0 Å². The molecule has 1 saturated heterocycles. The normalized spacial score (nSPS) is 23.1. The van der Waals surface area contributed by atoms with Crippen molar-refractivity contribution in [2.24, 2.45) is 5.92 Å². The molecule has 4 heteroatoms. The van der Waals surface area contributed by atoms with Crippen LogP contribution in [0.3, 0.4) is 0 Å². The highest BCUT2D eigenvalue weighted by atomic mass is 15.2. The first-order chi connectivity index (χ1) is 10.1. The number of hydrogen-bond donors (Lipinski definition) is 1. The molecular weight excluding hydrogens is 260 g/mol. The second-order valence-corrected chi connectivity index (χ2v) is 6.54. The Labute approximate surface area is 129 Å². The summed E-state index contributed by atoms with van der Waals surface area (Å²) in [5, 5.41) is 3.41. The minimum atomic E-state index is 0.669. The van der Waals surface area contributed by atoms with Gasteiger partial charge < -0.3 is 10.2 Å². The molecule has 1 fully saturated rings. The molecule has 1 aromatic rings.